The van der Waals surface area contributed by atoms with Crippen molar-refractivity contribution in [2.24, 2.45) is 16.7 Å². The van der Waals surface area contributed by atoms with Gasteiger partial charge >= 0.3 is 0 Å². The summed E-state index contributed by atoms with van der Waals surface area (Å²) in [7, 11) is 0. The van der Waals surface area contributed by atoms with Crippen molar-refractivity contribution in [3.05, 3.63) is 65.2 Å². The largest absolute Gasteiger partial charge is 0.306 e. The molecule has 0 aromatic heterocycles. The highest BCUT2D eigenvalue weighted by molar-refractivity contribution is 5.98. The third kappa shape index (κ3) is 5.25. The van der Waals surface area contributed by atoms with Gasteiger partial charge in [-0.15, -0.1) is 0 Å². The number of hydrogen-bond donors (Lipinski definition) is 0. The number of nitrogens with zero attached hydrogens (tertiary/aromatic N) is 1. The van der Waals surface area contributed by atoms with Gasteiger partial charge in [0.15, 0.2) is 0 Å². The zero-order chi connectivity index (χ0) is 22.8. The predicted molar refractivity (Wildman–Crippen MR) is 127 cm³/mol. The summed E-state index contributed by atoms with van der Waals surface area (Å²) in [5.41, 5.74) is 2.81. The van der Waals surface area contributed by atoms with Crippen molar-refractivity contribution in [3.8, 4) is 11.8 Å². The Morgan fingerprint density at radius 1 is 0.935 bits per heavy atom. The van der Waals surface area contributed by atoms with E-state index < -0.39 is 5.41 Å². The smallest absolute Gasteiger partial charge is 0.233 e. The first kappa shape index (κ1) is 22.8. The van der Waals surface area contributed by atoms with Crippen LogP contribution in [0.15, 0.2) is 48.5 Å². The molecule has 2 aromatic rings. The molecule has 0 aliphatic carbocycles. The average Bonchev–Trinajstić information content (AvgIpc) is 2.68. The molecular weight excluding hydrogens is 382 g/mol. The van der Waals surface area contributed by atoms with E-state index in [0.29, 0.717) is 19.4 Å². The second kappa shape index (κ2) is 8.71. The van der Waals surface area contributed by atoms with Crippen LogP contribution in [0.2, 0.25) is 0 Å². The van der Waals surface area contributed by atoms with Crippen LogP contribution in [0.3, 0.4) is 0 Å². The van der Waals surface area contributed by atoms with E-state index in [1.165, 1.54) is 0 Å². The first-order valence-electron chi connectivity index (χ1n) is 11.0. The van der Waals surface area contributed by atoms with E-state index in [4.69, 9.17) is 0 Å². The normalized spacial score (nSPS) is 13.5. The summed E-state index contributed by atoms with van der Waals surface area (Å²) < 4.78 is 0. The lowest BCUT2D eigenvalue weighted by Gasteiger charge is -2.38. The fourth-order valence-electron chi connectivity index (χ4n) is 4.54. The van der Waals surface area contributed by atoms with E-state index in [1.54, 1.807) is 0 Å². The number of amides is 1. The Balaban J connectivity index is 1.96. The third-order valence-electron chi connectivity index (χ3n) is 5.91. The lowest BCUT2D eigenvalue weighted by Crippen LogP contribution is -2.43. The van der Waals surface area contributed by atoms with Crippen LogP contribution in [-0.4, -0.2) is 11.7 Å². The molecule has 0 saturated carbocycles. The Kier molecular flexibility index (Phi) is 6.41. The number of hydrogen-bond acceptors (Lipinski definition) is 2. The number of carbonyl (C=O) groups is 2. The van der Waals surface area contributed by atoms with Gasteiger partial charge in [0.05, 0.1) is 12.2 Å². The Morgan fingerprint density at radius 3 is 2.19 bits per heavy atom. The Hall–Kier alpha value is -2.86. The van der Waals surface area contributed by atoms with Crippen LogP contribution in [-0.2, 0) is 16.1 Å². The highest BCUT2D eigenvalue weighted by Gasteiger charge is 2.39. The molecule has 0 bridgehead atoms. The summed E-state index contributed by atoms with van der Waals surface area (Å²) in [6, 6.07) is 15.9. The van der Waals surface area contributed by atoms with Crippen LogP contribution in [0.1, 0.15) is 71.1 Å². The SMILES string of the molecule is CC(C)C(=O)CC(C)(C)CC(C)(C)C(=O)N1Cc2ccccc2C#Cc2ccccc21. The molecule has 0 atom stereocenters. The average molecular weight is 416 g/mol. The van der Waals surface area contributed by atoms with Crippen LogP contribution in [0.25, 0.3) is 0 Å². The maximum Gasteiger partial charge on any atom is 0.233 e. The lowest BCUT2D eigenvalue weighted by atomic mass is 9.71. The van der Waals surface area contributed by atoms with Crippen molar-refractivity contribution in [2.45, 2.75) is 60.9 Å². The number of rotatable bonds is 6. The van der Waals surface area contributed by atoms with Gasteiger partial charge in [-0.05, 0) is 35.6 Å². The number of Topliss-reactive ketones (excluding diaryl/α,β-unsaturated/α-hetero) is 1. The molecule has 0 saturated heterocycles. The van der Waals surface area contributed by atoms with Crippen LogP contribution >= 0.6 is 0 Å². The summed E-state index contributed by atoms with van der Waals surface area (Å²) in [5, 5.41) is 0. The van der Waals surface area contributed by atoms with E-state index in [0.717, 1.165) is 22.4 Å². The van der Waals surface area contributed by atoms with Gasteiger partial charge in [-0.2, -0.15) is 0 Å². The van der Waals surface area contributed by atoms with E-state index in [9.17, 15) is 9.59 Å². The van der Waals surface area contributed by atoms with E-state index in [-0.39, 0.29) is 23.0 Å². The second-order valence-electron chi connectivity index (χ2n) is 10.3. The molecule has 1 heterocycles. The highest BCUT2D eigenvalue weighted by atomic mass is 16.2. The van der Waals surface area contributed by atoms with Crippen molar-refractivity contribution in [1.29, 1.82) is 0 Å². The topological polar surface area (TPSA) is 37.4 Å². The predicted octanol–water partition coefficient (Wildman–Crippen LogP) is 5.99. The zero-order valence-electron chi connectivity index (χ0n) is 19.6. The van der Waals surface area contributed by atoms with Crippen molar-refractivity contribution in [1.82, 2.24) is 0 Å². The molecule has 0 spiro atoms. The van der Waals surface area contributed by atoms with Gasteiger partial charge in [-0.25, -0.2) is 0 Å². The van der Waals surface area contributed by atoms with E-state index in [1.807, 2.05) is 81.1 Å². The molecule has 0 fully saturated rings. The van der Waals surface area contributed by atoms with Gasteiger partial charge in [0.1, 0.15) is 5.78 Å². The minimum atomic E-state index is -0.630. The Morgan fingerprint density at radius 2 is 1.52 bits per heavy atom. The summed E-state index contributed by atoms with van der Waals surface area (Å²) in [5.74, 6) is 6.83. The molecule has 0 radical (unpaired) electrons. The van der Waals surface area contributed by atoms with Crippen molar-refractivity contribution in [2.75, 3.05) is 4.90 Å². The van der Waals surface area contributed by atoms with Crippen molar-refractivity contribution >= 4 is 17.4 Å². The number of carbonyl (C=O) groups excluding carboxylic acids is 2. The molecule has 162 valence electrons. The zero-order valence-corrected chi connectivity index (χ0v) is 19.6. The van der Waals surface area contributed by atoms with Gasteiger partial charge in [-0.3, -0.25) is 9.59 Å². The van der Waals surface area contributed by atoms with E-state index >= 15 is 0 Å². The molecule has 3 heteroatoms. The third-order valence-corrected chi connectivity index (χ3v) is 5.91. The lowest BCUT2D eigenvalue weighted by molar-refractivity contribution is -0.130. The Bertz CT molecular complexity index is 1050. The van der Waals surface area contributed by atoms with E-state index in [2.05, 4.69) is 25.7 Å². The maximum atomic E-state index is 13.9. The number of ketones is 1. The molecule has 3 rings (SSSR count). The van der Waals surface area contributed by atoms with Crippen molar-refractivity contribution < 1.29 is 9.59 Å². The molecule has 31 heavy (non-hydrogen) atoms. The first-order valence-corrected chi connectivity index (χ1v) is 11.0. The molecule has 1 amide bonds. The second-order valence-corrected chi connectivity index (χ2v) is 10.3. The highest BCUT2D eigenvalue weighted by Crippen LogP contribution is 2.40. The van der Waals surface area contributed by atoms with Gasteiger partial charge in [0.25, 0.3) is 0 Å². The summed E-state index contributed by atoms with van der Waals surface area (Å²) in [6.45, 7) is 12.5. The fraction of sp³-hybridized carbons (Fsp3) is 0.429. The maximum absolute atomic E-state index is 13.9. The van der Waals surface area contributed by atoms with Crippen LogP contribution in [0.5, 0.6) is 0 Å². The number of para-hydroxylation sites is 1. The summed E-state index contributed by atoms with van der Waals surface area (Å²) in [6.07, 6.45) is 1.11. The first-order chi connectivity index (χ1) is 14.5. The monoisotopic (exact) mass is 415 g/mol. The molecular formula is C28H33NO2. The van der Waals surface area contributed by atoms with Crippen LogP contribution in [0.4, 0.5) is 5.69 Å². The molecule has 0 unspecified atom stereocenters. The quantitative estimate of drug-likeness (QED) is 0.543. The molecule has 1 aliphatic heterocycles. The number of benzene rings is 2. The summed E-state index contributed by atoms with van der Waals surface area (Å²) in [4.78, 5) is 28.2. The standard InChI is InChI=1S/C28H33NO2/c1-20(2)25(30)17-27(3,4)19-28(5,6)26(31)29-18-23-13-8-7-11-21(23)15-16-22-12-9-10-14-24(22)29/h7-14,20H,17-19H2,1-6H3. The van der Waals surface area contributed by atoms with Crippen molar-refractivity contribution in [3.63, 3.8) is 0 Å². The number of anilines is 1. The minimum absolute atomic E-state index is 0.00870. The summed E-state index contributed by atoms with van der Waals surface area (Å²) >= 11 is 0. The van der Waals surface area contributed by atoms with Gasteiger partial charge in [0, 0.05) is 28.9 Å². The van der Waals surface area contributed by atoms with Crippen LogP contribution < -0.4 is 4.90 Å². The molecule has 3 nitrogen and oxygen atoms in total. The fourth-order valence-corrected chi connectivity index (χ4v) is 4.54. The van der Waals surface area contributed by atoms with Crippen LogP contribution in [0, 0.1) is 28.6 Å². The molecule has 1 aliphatic rings. The van der Waals surface area contributed by atoms with Gasteiger partial charge in [0.2, 0.25) is 5.91 Å². The minimum Gasteiger partial charge on any atom is -0.306 e. The Labute approximate surface area is 186 Å². The van der Waals surface area contributed by atoms with Gasteiger partial charge < -0.3 is 4.90 Å². The number of fused-ring (bicyclic) bond motifs is 2. The van der Waals surface area contributed by atoms with Gasteiger partial charge in [-0.1, -0.05) is 83.7 Å². The molecule has 0 N–H and O–H groups in total. The molecule has 2 aromatic carbocycles.